The topological polar surface area (TPSA) is 110 Å². The van der Waals surface area contributed by atoms with E-state index < -0.39 is 6.04 Å². The summed E-state index contributed by atoms with van der Waals surface area (Å²) < 4.78 is 7.44. The van der Waals surface area contributed by atoms with E-state index in [0.29, 0.717) is 47.6 Å². The number of fused-ring (bicyclic) bond motifs is 3. The first kappa shape index (κ1) is 27.1. The number of carbonyl (C=O) groups is 2. The van der Waals surface area contributed by atoms with E-state index in [2.05, 4.69) is 20.8 Å². The zero-order chi connectivity index (χ0) is 28.1. The molecular weight excluding hydrogens is 528 g/mol. The second kappa shape index (κ2) is 12.1. The van der Waals surface area contributed by atoms with E-state index in [1.54, 1.807) is 7.11 Å². The van der Waals surface area contributed by atoms with Crippen molar-refractivity contribution in [1.29, 1.82) is 0 Å². The minimum Gasteiger partial charge on any atom is -0.497 e. The third kappa shape index (κ3) is 6.05. The van der Waals surface area contributed by atoms with Gasteiger partial charge in [0.1, 0.15) is 17.6 Å². The Morgan fingerprint density at radius 3 is 2.40 bits per heavy atom. The number of carbonyl (C=O) groups excluding carboxylic acids is 2. The van der Waals surface area contributed by atoms with Gasteiger partial charge >= 0.3 is 0 Å². The lowest BCUT2D eigenvalue weighted by molar-refractivity contribution is -0.122. The molecule has 0 fully saturated rings. The van der Waals surface area contributed by atoms with E-state index in [9.17, 15) is 9.59 Å². The molecule has 1 aliphatic heterocycles. The van der Waals surface area contributed by atoms with E-state index in [-0.39, 0.29) is 18.2 Å². The summed E-state index contributed by atoms with van der Waals surface area (Å²) in [5.74, 6) is 1.62. The van der Waals surface area contributed by atoms with Crippen molar-refractivity contribution in [3.05, 3.63) is 106 Å². The number of rotatable bonds is 9. The first-order valence-electron chi connectivity index (χ1n) is 12.9. The van der Waals surface area contributed by atoms with Crippen molar-refractivity contribution in [2.45, 2.75) is 25.8 Å². The van der Waals surface area contributed by atoms with Crippen molar-refractivity contribution in [3.8, 4) is 11.4 Å². The quantitative estimate of drug-likeness (QED) is 0.303. The molecule has 5 rings (SSSR count). The number of aryl methyl sites for hydroxylation is 1. The first-order chi connectivity index (χ1) is 19.4. The summed E-state index contributed by atoms with van der Waals surface area (Å²) in [6.45, 7) is 2.48. The van der Waals surface area contributed by atoms with Crippen LogP contribution in [0.15, 0.2) is 77.8 Å². The van der Waals surface area contributed by atoms with Crippen LogP contribution in [0.25, 0.3) is 5.69 Å². The monoisotopic (exact) mass is 556 g/mol. The molecule has 3 aromatic carbocycles. The Morgan fingerprint density at radius 2 is 1.68 bits per heavy atom. The molecule has 0 saturated heterocycles. The van der Waals surface area contributed by atoms with Crippen LogP contribution in [0.5, 0.6) is 5.75 Å². The van der Waals surface area contributed by atoms with Gasteiger partial charge in [0, 0.05) is 29.2 Å². The van der Waals surface area contributed by atoms with E-state index in [4.69, 9.17) is 21.3 Å². The van der Waals surface area contributed by atoms with Crippen molar-refractivity contribution < 1.29 is 14.3 Å². The molecule has 0 bridgehead atoms. The Hall–Kier alpha value is -4.50. The number of ether oxygens (including phenoxy) is 1. The Balaban J connectivity index is 1.35. The molecule has 1 atom stereocenters. The number of nitrogens with zero attached hydrogens (tertiary/aromatic N) is 4. The van der Waals surface area contributed by atoms with Gasteiger partial charge in [0.05, 0.1) is 31.4 Å². The maximum Gasteiger partial charge on any atom is 0.224 e. The average molecular weight is 557 g/mol. The Kier molecular flexibility index (Phi) is 8.21. The highest BCUT2D eigenvalue weighted by Crippen LogP contribution is 2.34. The minimum atomic E-state index is -0.599. The van der Waals surface area contributed by atoms with Gasteiger partial charge in [-0.2, -0.15) is 0 Å². The number of hydrogen-bond acceptors (Lipinski definition) is 6. The Labute approximate surface area is 237 Å². The predicted octanol–water partition coefficient (Wildman–Crippen LogP) is 4.00. The lowest BCUT2D eigenvalue weighted by atomic mass is 10.00. The van der Waals surface area contributed by atoms with Crippen LogP contribution in [0, 0.1) is 6.92 Å². The van der Waals surface area contributed by atoms with Crippen LogP contribution in [0.2, 0.25) is 5.02 Å². The highest BCUT2D eigenvalue weighted by molar-refractivity contribution is 6.30. The highest BCUT2D eigenvalue weighted by Gasteiger charge is 2.30. The fourth-order valence-electron chi connectivity index (χ4n) is 4.67. The molecule has 204 valence electrons. The van der Waals surface area contributed by atoms with E-state index >= 15 is 0 Å². The lowest BCUT2D eigenvalue weighted by Gasteiger charge is -2.14. The van der Waals surface area contributed by atoms with Gasteiger partial charge in [-0.05, 0) is 42.8 Å². The largest absolute Gasteiger partial charge is 0.497 e. The van der Waals surface area contributed by atoms with Crippen molar-refractivity contribution >= 4 is 29.1 Å². The molecule has 0 aliphatic carbocycles. The van der Waals surface area contributed by atoms with Gasteiger partial charge in [0.25, 0.3) is 0 Å². The van der Waals surface area contributed by atoms with Crippen LogP contribution >= 0.6 is 11.6 Å². The number of amides is 2. The number of benzene rings is 3. The molecule has 4 aromatic rings. The second-order valence-corrected chi connectivity index (χ2v) is 9.83. The number of methoxy groups -OCH3 is 1. The molecule has 0 spiro atoms. The lowest BCUT2D eigenvalue weighted by Crippen LogP contribution is -2.35. The van der Waals surface area contributed by atoms with Gasteiger partial charge < -0.3 is 15.4 Å². The molecule has 0 radical (unpaired) electrons. The molecule has 9 nitrogen and oxygen atoms in total. The number of aromatic nitrogens is 3. The van der Waals surface area contributed by atoms with Gasteiger partial charge in [-0.25, -0.2) is 0 Å². The number of aliphatic imine (C=N–C) groups is 1. The van der Waals surface area contributed by atoms with Gasteiger partial charge in [-0.1, -0.05) is 54.1 Å². The van der Waals surface area contributed by atoms with Crippen LogP contribution < -0.4 is 15.4 Å². The van der Waals surface area contributed by atoms with Crippen LogP contribution in [0.4, 0.5) is 0 Å². The standard InChI is InChI=1S/C30H29ClN6O3/c1-19-35-36-30-25(18-28(39)33-15-14-32-27(38)16-20-6-4-3-5-7-20)34-29(21-8-10-22(31)11-9-21)24-17-23(40-2)12-13-26(24)37(19)30/h3-13,17,25H,14-16,18H2,1-2H3,(H,32,38)(H,33,39)/t25-/m0/s1. The SMILES string of the molecule is COc1ccc2c(c1)C(c1ccc(Cl)cc1)=N[C@@H](CC(=O)NCCNC(=O)Cc1ccccc1)c1nnc(C)n1-2. The summed E-state index contributed by atoms with van der Waals surface area (Å²) in [7, 11) is 1.62. The van der Waals surface area contributed by atoms with E-state index in [0.717, 1.165) is 22.4 Å². The first-order valence-corrected chi connectivity index (χ1v) is 13.3. The summed E-state index contributed by atoms with van der Waals surface area (Å²) in [5.41, 5.74) is 4.15. The Morgan fingerprint density at radius 1 is 0.950 bits per heavy atom. The van der Waals surface area contributed by atoms with Gasteiger partial charge in [0.2, 0.25) is 11.8 Å². The van der Waals surface area contributed by atoms with Crippen LogP contribution in [0.3, 0.4) is 0 Å². The van der Waals surface area contributed by atoms with Crippen LogP contribution in [-0.2, 0) is 16.0 Å². The van der Waals surface area contributed by atoms with Crippen molar-refractivity contribution in [2.24, 2.45) is 4.99 Å². The molecule has 2 amide bonds. The third-order valence-corrected chi connectivity index (χ3v) is 6.86. The molecule has 1 aliphatic rings. The zero-order valence-corrected chi connectivity index (χ0v) is 23.0. The zero-order valence-electron chi connectivity index (χ0n) is 22.2. The normalized spacial score (nSPS) is 13.9. The Bertz CT molecular complexity index is 1550. The molecule has 0 saturated carbocycles. The fourth-order valence-corrected chi connectivity index (χ4v) is 4.80. The van der Waals surface area contributed by atoms with Crippen molar-refractivity contribution in [1.82, 2.24) is 25.4 Å². The number of nitrogens with one attached hydrogen (secondary N) is 2. The third-order valence-electron chi connectivity index (χ3n) is 6.61. The van der Waals surface area contributed by atoms with E-state index in [1.807, 2.05) is 84.3 Å². The molecule has 0 unspecified atom stereocenters. The van der Waals surface area contributed by atoms with Crippen LogP contribution in [-0.4, -0.2) is 52.5 Å². The van der Waals surface area contributed by atoms with Gasteiger partial charge in [0.15, 0.2) is 5.82 Å². The summed E-state index contributed by atoms with van der Waals surface area (Å²) in [5, 5.41) is 15.1. The maximum atomic E-state index is 13.0. The highest BCUT2D eigenvalue weighted by atomic mass is 35.5. The van der Waals surface area contributed by atoms with Crippen LogP contribution in [0.1, 0.15) is 40.8 Å². The second-order valence-electron chi connectivity index (χ2n) is 9.39. The maximum absolute atomic E-state index is 13.0. The van der Waals surface area contributed by atoms with Crippen molar-refractivity contribution in [3.63, 3.8) is 0 Å². The summed E-state index contributed by atoms with van der Waals surface area (Å²) >= 11 is 6.16. The summed E-state index contributed by atoms with van der Waals surface area (Å²) in [6.07, 6.45) is 0.345. The average Bonchev–Trinajstić information content (AvgIpc) is 3.28. The molecular formula is C30H29ClN6O3. The fraction of sp³-hybridized carbons (Fsp3) is 0.233. The summed E-state index contributed by atoms with van der Waals surface area (Å²) in [4.78, 5) is 30.3. The molecule has 2 heterocycles. The number of halogens is 1. The molecule has 1 aromatic heterocycles. The smallest absolute Gasteiger partial charge is 0.224 e. The molecule has 10 heteroatoms. The number of hydrogen-bond donors (Lipinski definition) is 2. The molecule has 40 heavy (non-hydrogen) atoms. The molecule has 2 N–H and O–H groups in total. The minimum absolute atomic E-state index is 0.0539. The summed E-state index contributed by atoms with van der Waals surface area (Å²) in [6, 6.07) is 22.1. The van der Waals surface area contributed by atoms with Gasteiger partial charge in [-0.3, -0.25) is 19.1 Å². The van der Waals surface area contributed by atoms with Crippen molar-refractivity contribution in [2.75, 3.05) is 20.2 Å². The van der Waals surface area contributed by atoms with Gasteiger partial charge in [-0.15, -0.1) is 10.2 Å². The predicted molar refractivity (Wildman–Crippen MR) is 153 cm³/mol. The van der Waals surface area contributed by atoms with E-state index in [1.165, 1.54) is 0 Å².